The lowest BCUT2D eigenvalue weighted by molar-refractivity contribution is -0.119. The number of carbonyl (C=O) groups is 3. The van der Waals surface area contributed by atoms with Gasteiger partial charge in [-0.1, -0.05) is 0 Å². The molecule has 0 radical (unpaired) electrons. The van der Waals surface area contributed by atoms with Crippen LogP contribution in [-0.4, -0.2) is 53.6 Å². The maximum atomic E-state index is 13.8. The number of hydrogen-bond acceptors (Lipinski definition) is 7. The zero-order valence-electron chi connectivity index (χ0n) is 23.2. The molecule has 5 rings (SSSR count). The lowest BCUT2D eigenvalue weighted by atomic mass is 10.0. The molecule has 3 amide bonds. The van der Waals surface area contributed by atoms with Crippen LogP contribution in [0.15, 0.2) is 48.4 Å². The molecule has 3 heterocycles. The first-order chi connectivity index (χ1) is 19.3. The third-order valence-corrected chi connectivity index (χ3v) is 6.41. The molecular formula is C24H23N5O7S. The van der Waals surface area contributed by atoms with Gasteiger partial charge in [0.1, 0.15) is 11.4 Å². The highest BCUT2D eigenvalue weighted by Crippen LogP contribution is 2.31. The van der Waals surface area contributed by atoms with Crippen LogP contribution < -0.4 is 19.7 Å². The van der Waals surface area contributed by atoms with Crippen LogP contribution in [0.5, 0.6) is 5.75 Å². The van der Waals surface area contributed by atoms with Gasteiger partial charge in [-0.15, -0.1) is 0 Å². The van der Waals surface area contributed by atoms with Gasteiger partial charge in [0.2, 0.25) is 5.91 Å². The molecular weight excluding hydrogens is 502 g/mol. The molecule has 0 atom stereocenters. The zero-order chi connectivity index (χ0) is 29.8. The highest BCUT2D eigenvalue weighted by atomic mass is 32.3. The standard InChI is InChI=1S/C24H23N5O7S/c25-23(31)21-19-12-14-28(16-6-4-15(5-7-16)27-13-2-1-3-20(27)30)24(32)22(19)29(26-21)17-8-10-18(11-9-17)36-37(33,34)35/h4-11H,1-3,12-14H2,(H2,25,31)(H,33,34,35)/i8D,9D,10D,11D. The maximum Gasteiger partial charge on any atom is 0.446 e. The van der Waals surface area contributed by atoms with Crippen LogP contribution >= 0.6 is 0 Å². The van der Waals surface area contributed by atoms with Gasteiger partial charge in [-0.25, -0.2) is 4.68 Å². The van der Waals surface area contributed by atoms with Crippen LogP contribution in [0.3, 0.4) is 0 Å². The van der Waals surface area contributed by atoms with Crippen LogP contribution in [0.1, 0.15) is 51.3 Å². The summed E-state index contributed by atoms with van der Waals surface area (Å²) in [7, 11) is -5.19. The minimum Gasteiger partial charge on any atom is -0.364 e. The van der Waals surface area contributed by atoms with Gasteiger partial charge in [-0.3, -0.25) is 18.9 Å². The Morgan fingerprint density at radius 2 is 1.62 bits per heavy atom. The third kappa shape index (κ3) is 4.78. The Kier molecular flexibility index (Phi) is 5.02. The summed E-state index contributed by atoms with van der Waals surface area (Å²) in [5, 5.41) is 4.07. The van der Waals surface area contributed by atoms with Crippen molar-refractivity contribution >= 4 is 39.5 Å². The van der Waals surface area contributed by atoms with E-state index in [9.17, 15) is 22.8 Å². The fraction of sp³-hybridized carbons (Fsp3) is 0.250. The van der Waals surface area contributed by atoms with E-state index in [0.717, 1.165) is 17.5 Å². The molecule has 1 aromatic heterocycles. The zero-order valence-corrected chi connectivity index (χ0v) is 20.0. The lowest BCUT2D eigenvalue weighted by Crippen LogP contribution is -2.39. The number of amides is 3. The first-order valence-corrected chi connectivity index (χ1v) is 12.6. The maximum absolute atomic E-state index is 13.8. The summed E-state index contributed by atoms with van der Waals surface area (Å²) in [6, 6.07) is 3.07. The fourth-order valence-corrected chi connectivity index (χ4v) is 4.70. The van der Waals surface area contributed by atoms with Crippen molar-refractivity contribution in [2.75, 3.05) is 22.9 Å². The molecule has 0 unspecified atom stereocenters. The van der Waals surface area contributed by atoms with Crippen LogP contribution in [0.2, 0.25) is 0 Å². The van der Waals surface area contributed by atoms with Crippen molar-refractivity contribution in [1.82, 2.24) is 9.78 Å². The number of rotatable bonds is 6. The number of primary amides is 1. The average Bonchev–Trinajstić information content (AvgIpc) is 3.31. The van der Waals surface area contributed by atoms with E-state index in [1.807, 2.05) is 0 Å². The minimum absolute atomic E-state index is 0.0125. The van der Waals surface area contributed by atoms with E-state index < -0.39 is 57.8 Å². The monoisotopic (exact) mass is 529 g/mol. The van der Waals surface area contributed by atoms with E-state index in [1.165, 1.54) is 4.90 Å². The van der Waals surface area contributed by atoms with Crippen molar-refractivity contribution in [2.24, 2.45) is 5.73 Å². The number of nitrogens with two attached hydrogens (primary N) is 1. The second-order valence-corrected chi connectivity index (χ2v) is 9.39. The fourth-order valence-electron chi connectivity index (χ4n) is 4.40. The average molecular weight is 530 g/mol. The number of anilines is 2. The molecule has 0 aliphatic carbocycles. The van der Waals surface area contributed by atoms with Crippen molar-refractivity contribution in [3.63, 3.8) is 0 Å². The Hall–Kier alpha value is -4.23. The molecule has 12 nitrogen and oxygen atoms in total. The number of aromatic nitrogens is 2. The molecule has 2 aliphatic heterocycles. The summed E-state index contributed by atoms with van der Waals surface area (Å²) in [4.78, 5) is 41.4. The van der Waals surface area contributed by atoms with Crippen molar-refractivity contribution in [2.45, 2.75) is 25.7 Å². The van der Waals surface area contributed by atoms with Gasteiger partial charge in [0.15, 0.2) is 5.69 Å². The highest BCUT2D eigenvalue weighted by molar-refractivity contribution is 7.81. The summed E-state index contributed by atoms with van der Waals surface area (Å²) in [5.74, 6) is -2.72. The van der Waals surface area contributed by atoms with E-state index in [-0.39, 0.29) is 35.8 Å². The quantitative estimate of drug-likeness (QED) is 0.457. The van der Waals surface area contributed by atoms with Gasteiger partial charge in [0, 0.05) is 36.4 Å². The van der Waals surface area contributed by atoms with Crippen molar-refractivity contribution < 1.29 is 37.0 Å². The smallest absolute Gasteiger partial charge is 0.364 e. The van der Waals surface area contributed by atoms with Crippen LogP contribution in [-0.2, 0) is 21.6 Å². The van der Waals surface area contributed by atoms with Gasteiger partial charge < -0.3 is 19.7 Å². The summed E-state index contributed by atoms with van der Waals surface area (Å²) >= 11 is 0. The Morgan fingerprint density at radius 1 is 0.973 bits per heavy atom. The number of carbonyl (C=O) groups excluding carboxylic acids is 3. The van der Waals surface area contributed by atoms with Crippen LogP contribution in [0.4, 0.5) is 11.4 Å². The summed E-state index contributed by atoms with van der Waals surface area (Å²) in [6.07, 6.45) is 2.28. The van der Waals surface area contributed by atoms with Crippen molar-refractivity contribution in [3.05, 3.63) is 65.4 Å². The molecule has 13 heteroatoms. The largest absolute Gasteiger partial charge is 0.446 e. The molecule has 0 saturated carbocycles. The molecule has 37 heavy (non-hydrogen) atoms. The SMILES string of the molecule is [2H]c1c([2H])c(-n2nc(C(N)=O)c3c2C(=O)N(c2ccc(N4CCCCC4=O)cc2)CC3)c([2H])c([2H])c1OS(=O)(=O)O. The molecule has 2 aromatic carbocycles. The Bertz CT molecular complexity index is 1700. The van der Waals surface area contributed by atoms with E-state index in [2.05, 4.69) is 9.28 Å². The van der Waals surface area contributed by atoms with E-state index in [4.69, 9.17) is 15.8 Å². The molecule has 0 spiro atoms. The predicted molar refractivity (Wildman–Crippen MR) is 132 cm³/mol. The third-order valence-electron chi connectivity index (χ3n) is 6.04. The summed E-state index contributed by atoms with van der Waals surface area (Å²) in [5.41, 5.74) is 5.67. The van der Waals surface area contributed by atoms with Gasteiger partial charge in [0.05, 0.1) is 11.2 Å². The van der Waals surface area contributed by atoms with Crippen LogP contribution in [0, 0.1) is 0 Å². The topological polar surface area (TPSA) is 165 Å². The predicted octanol–water partition coefficient (Wildman–Crippen LogP) is 1.87. The van der Waals surface area contributed by atoms with Gasteiger partial charge in [0.25, 0.3) is 11.8 Å². The van der Waals surface area contributed by atoms with E-state index >= 15 is 0 Å². The first kappa shape index (κ1) is 19.9. The molecule has 192 valence electrons. The Morgan fingerprint density at radius 3 is 2.22 bits per heavy atom. The second kappa shape index (κ2) is 9.33. The van der Waals surface area contributed by atoms with E-state index in [0.29, 0.717) is 24.3 Å². The number of fused-ring (bicyclic) bond motifs is 1. The normalized spacial score (nSPS) is 17.5. The van der Waals surface area contributed by atoms with Gasteiger partial charge in [-0.2, -0.15) is 13.5 Å². The van der Waals surface area contributed by atoms with Crippen molar-refractivity contribution in [3.8, 4) is 11.4 Å². The van der Waals surface area contributed by atoms with Crippen LogP contribution in [0.25, 0.3) is 5.69 Å². The minimum atomic E-state index is -5.19. The highest BCUT2D eigenvalue weighted by Gasteiger charge is 2.34. The lowest BCUT2D eigenvalue weighted by Gasteiger charge is -2.29. The van der Waals surface area contributed by atoms with Gasteiger partial charge >= 0.3 is 10.4 Å². The number of piperidine rings is 1. The number of benzene rings is 2. The van der Waals surface area contributed by atoms with Gasteiger partial charge in [-0.05, 0) is 67.7 Å². The molecule has 1 fully saturated rings. The van der Waals surface area contributed by atoms with Crippen molar-refractivity contribution in [1.29, 1.82) is 0 Å². The second-order valence-electron chi connectivity index (χ2n) is 8.37. The summed E-state index contributed by atoms with van der Waals surface area (Å²) in [6.45, 7) is 0.712. The first-order valence-electron chi connectivity index (χ1n) is 13.2. The molecule has 0 bridgehead atoms. The Balaban J connectivity index is 1.60. The molecule has 3 aromatic rings. The molecule has 1 saturated heterocycles. The number of hydrogen-bond donors (Lipinski definition) is 2. The molecule has 3 N–H and O–H groups in total. The molecule has 2 aliphatic rings. The summed E-state index contributed by atoms with van der Waals surface area (Å²) < 4.78 is 69.5. The number of nitrogens with zero attached hydrogens (tertiary/aromatic N) is 4. The van der Waals surface area contributed by atoms with E-state index in [1.54, 1.807) is 29.2 Å². The Labute approximate surface area is 217 Å².